The van der Waals surface area contributed by atoms with Crippen LogP contribution < -0.4 is 10.2 Å². The van der Waals surface area contributed by atoms with Gasteiger partial charge in [-0.15, -0.1) is 10.2 Å². The van der Waals surface area contributed by atoms with Crippen molar-refractivity contribution >= 4 is 23.5 Å². The van der Waals surface area contributed by atoms with E-state index in [2.05, 4.69) is 15.5 Å². The second-order valence-electron chi connectivity index (χ2n) is 11.0. The summed E-state index contributed by atoms with van der Waals surface area (Å²) in [4.78, 5) is 41.0. The molecule has 1 aromatic carbocycles. The number of hydrogen-bond donors (Lipinski definition) is 1. The summed E-state index contributed by atoms with van der Waals surface area (Å²) in [6.45, 7) is 14.7. The molecule has 3 rings (SSSR count). The molecule has 0 spiro atoms. The summed E-state index contributed by atoms with van der Waals surface area (Å²) < 4.78 is 11.2. The Hall–Kier alpha value is -3.23. The number of Topliss-reactive ketones (excluding diaryl/α,β-unsaturated/α-hetero) is 1. The molecular weight excluding hydrogens is 436 g/mol. The predicted octanol–water partition coefficient (Wildman–Crippen LogP) is 4.06. The van der Waals surface area contributed by atoms with Gasteiger partial charge in [-0.3, -0.25) is 14.5 Å². The highest BCUT2D eigenvalue weighted by Crippen LogP contribution is 2.33. The smallest absolute Gasteiger partial charge is 0.415 e. The molecule has 9 heteroatoms. The second-order valence-corrected chi connectivity index (χ2v) is 11.0. The second kappa shape index (κ2) is 9.19. The zero-order valence-corrected chi connectivity index (χ0v) is 21.1. The van der Waals surface area contributed by atoms with Crippen molar-refractivity contribution in [1.29, 1.82) is 0 Å². The third kappa shape index (κ3) is 5.46. The van der Waals surface area contributed by atoms with Crippen molar-refractivity contribution in [2.75, 3.05) is 4.90 Å². The molecule has 1 aromatic heterocycles. The Morgan fingerprint density at radius 2 is 1.74 bits per heavy atom. The summed E-state index contributed by atoms with van der Waals surface area (Å²) in [5, 5.41) is 10.7. The number of nitrogens with one attached hydrogen (secondary N) is 1. The molecule has 1 N–H and O–H groups in total. The van der Waals surface area contributed by atoms with Gasteiger partial charge in [-0.1, -0.05) is 52.8 Å². The SMILES string of the molecule is CC(C)[C@H](NC(=O)[C@@H]1Cc2ccccc2N1C(=O)OC(C)(C)C)C(=O)c1nnc(C(C)(C)C)o1. The van der Waals surface area contributed by atoms with Gasteiger partial charge in [0.2, 0.25) is 17.6 Å². The standard InChI is InChI=1S/C25H34N4O5/c1-14(2)18(19(30)21-27-28-22(33-21)24(3,4)5)26-20(31)17-13-15-11-9-10-12-16(15)29(17)23(32)34-25(6,7)8/h9-12,14,17-18H,13H2,1-8H3,(H,26,31)/t17-,18-/m0/s1. The number of carbonyl (C=O) groups is 3. The lowest BCUT2D eigenvalue weighted by Gasteiger charge is -2.30. The molecule has 0 fully saturated rings. The van der Waals surface area contributed by atoms with E-state index in [9.17, 15) is 14.4 Å². The lowest BCUT2D eigenvalue weighted by atomic mass is 9.97. The maximum absolute atomic E-state index is 13.4. The van der Waals surface area contributed by atoms with E-state index < -0.39 is 40.9 Å². The fourth-order valence-corrected chi connectivity index (χ4v) is 3.68. The zero-order valence-electron chi connectivity index (χ0n) is 21.1. The predicted molar refractivity (Wildman–Crippen MR) is 127 cm³/mol. The first kappa shape index (κ1) is 25.4. The molecule has 2 aromatic rings. The highest BCUT2D eigenvalue weighted by Gasteiger charge is 2.42. The van der Waals surface area contributed by atoms with Crippen molar-refractivity contribution in [3.63, 3.8) is 0 Å². The Kier molecular flexibility index (Phi) is 6.87. The summed E-state index contributed by atoms with van der Waals surface area (Å²) in [6.07, 6.45) is -0.300. The molecule has 9 nitrogen and oxygen atoms in total. The maximum atomic E-state index is 13.4. The van der Waals surface area contributed by atoms with Gasteiger partial charge in [-0.05, 0) is 38.3 Å². The third-order valence-electron chi connectivity index (χ3n) is 5.39. The number of fused-ring (bicyclic) bond motifs is 1. The summed E-state index contributed by atoms with van der Waals surface area (Å²) in [5.74, 6) is -0.981. The molecule has 0 saturated heterocycles. The number of nitrogens with zero attached hydrogens (tertiary/aromatic N) is 3. The van der Waals surface area contributed by atoms with E-state index in [1.165, 1.54) is 4.90 Å². The zero-order chi connectivity index (χ0) is 25.4. The van der Waals surface area contributed by atoms with E-state index in [1.54, 1.807) is 32.9 Å². The molecule has 34 heavy (non-hydrogen) atoms. The van der Waals surface area contributed by atoms with E-state index in [0.29, 0.717) is 18.0 Å². The number of aromatic nitrogens is 2. The van der Waals surface area contributed by atoms with Crippen LogP contribution in [0.15, 0.2) is 28.7 Å². The van der Waals surface area contributed by atoms with Crippen LogP contribution in [-0.4, -0.2) is 45.7 Å². The summed E-state index contributed by atoms with van der Waals surface area (Å²) in [7, 11) is 0. The molecule has 1 aliphatic rings. The van der Waals surface area contributed by atoms with E-state index in [1.807, 2.05) is 46.8 Å². The van der Waals surface area contributed by atoms with Gasteiger partial charge in [0.05, 0.1) is 11.7 Å². The van der Waals surface area contributed by atoms with Gasteiger partial charge in [0.15, 0.2) is 0 Å². The molecule has 184 valence electrons. The highest BCUT2D eigenvalue weighted by molar-refractivity contribution is 6.03. The Bertz CT molecular complexity index is 1080. The quantitative estimate of drug-likeness (QED) is 0.655. The van der Waals surface area contributed by atoms with Crippen LogP contribution in [0.4, 0.5) is 10.5 Å². The minimum Gasteiger partial charge on any atom is -0.443 e. The monoisotopic (exact) mass is 470 g/mol. The van der Waals surface area contributed by atoms with Crippen molar-refractivity contribution in [2.45, 2.75) is 84.9 Å². The first-order valence-corrected chi connectivity index (χ1v) is 11.5. The van der Waals surface area contributed by atoms with Gasteiger partial charge in [0, 0.05) is 11.8 Å². The van der Waals surface area contributed by atoms with Gasteiger partial charge in [0.25, 0.3) is 5.89 Å². The number of para-hydroxylation sites is 1. The third-order valence-corrected chi connectivity index (χ3v) is 5.39. The van der Waals surface area contributed by atoms with Crippen molar-refractivity contribution in [1.82, 2.24) is 15.5 Å². The van der Waals surface area contributed by atoms with Gasteiger partial charge in [0.1, 0.15) is 11.6 Å². The number of benzene rings is 1. The molecule has 0 radical (unpaired) electrons. The normalized spacial score (nSPS) is 16.9. The van der Waals surface area contributed by atoms with Crippen LogP contribution in [0, 0.1) is 5.92 Å². The lowest BCUT2D eigenvalue weighted by Crippen LogP contribution is -2.54. The van der Waals surface area contributed by atoms with Gasteiger partial charge >= 0.3 is 6.09 Å². The first-order chi connectivity index (χ1) is 15.7. The minimum atomic E-state index is -0.898. The number of ketones is 1. The molecule has 0 saturated carbocycles. The van der Waals surface area contributed by atoms with Crippen molar-refractivity contribution in [2.24, 2.45) is 5.92 Å². The van der Waals surface area contributed by atoms with Gasteiger partial charge < -0.3 is 14.5 Å². The minimum absolute atomic E-state index is 0.150. The van der Waals surface area contributed by atoms with Crippen LogP contribution in [-0.2, 0) is 21.4 Å². The number of ether oxygens (including phenoxy) is 1. The van der Waals surface area contributed by atoms with Crippen molar-refractivity contribution < 1.29 is 23.5 Å². The van der Waals surface area contributed by atoms with Gasteiger partial charge in [-0.2, -0.15) is 0 Å². The van der Waals surface area contributed by atoms with Crippen LogP contribution in [0.1, 0.15) is 77.5 Å². The molecular formula is C25H34N4O5. The Labute approximate surface area is 200 Å². The Morgan fingerprint density at radius 1 is 1.09 bits per heavy atom. The van der Waals surface area contributed by atoms with Crippen LogP contribution in [0.2, 0.25) is 0 Å². The number of hydrogen-bond acceptors (Lipinski definition) is 7. The van der Waals surface area contributed by atoms with E-state index in [0.717, 1.165) is 5.56 Å². The van der Waals surface area contributed by atoms with Crippen LogP contribution >= 0.6 is 0 Å². The van der Waals surface area contributed by atoms with Crippen LogP contribution in [0.25, 0.3) is 0 Å². The van der Waals surface area contributed by atoms with Gasteiger partial charge in [-0.25, -0.2) is 4.79 Å². The van der Waals surface area contributed by atoms with Crippen LogP contribution in [0.5, 0.6) is 0 Å². The number of amides is 2. The highest BCUT2D eigenvalue weighted by atomic mass is 16.6. The van der Waals surface area contributed by atoms with E-state index in [4.69, 9.17) is 9.15 Å². The lowest BCUT2D eigenvalue weighted by molar-refractivity contribution is -0.123. The van der Waals surface area contributed by atoms with E-state index >= 15 is 0 Å². The number of anilines is 1. The number of carbonyl (C=O) groups excluding carboxylic acids is 3. The average Bonchev–Trinajstić information content (AvgIpc) is 3.34. The maximum Gasteiger partial charge on any atom is 0.415 e. The topological polar surface area (TPSA) is 115 Å². The fourth-order valence-electron chi connectivity index (χ4n) is 3.68. The largest absolute Gasteiger partial charge is 0.443 e. The molecule has 0 aliphatic carbocycles. The first-order valence-electron chi connectivity index (χ1n) is 11.5. The van der Waals surface area contributed by atoms with Crippen molar-refractivity contribution in [3.8, 4) is 0 Å². The fraction of sp³-hybridized carbons (Fsp3) is 0.560. The number of rotatable bonds is 5. The Morgan fingerprint density at radius 3 is 2.29 bits per heavy atom. The summed E-state index contributed by atoms with van der Waals surface area (Å²) >= 11 is 0. The summed E-state index contributed by atoms with van der Waals surface area (Å²) in [6, 6.07) is 5.56. The molecule has 1 aliphatic heterocycles. The average molecular weight is 471 g/mol. The molecule has 2 amide bonds. The van der Waals surface area contributed by atoms with Crippen LogP contribution in [0.3, 0.4) is 0 Å². The molecule has 2 heterocycles. The Balaban J connectivity index is 1.85. The van der Waals surface area contributed by atoms with E-state index in [-0.39, 0.29) is 11.8 Å². The molecule has 2 atom stereocenters. The van der Waals surface area contributed by atoms with Crippen molar-refractivity contribution in [3.05, 3.63) is 41.6 Å². The summed E-state index contributed by atoms with van der Waals surface area (Å²) in [5.41, 5.74) is 0.337. The molecule has 0 unspecified atom stereocenters. The molecule has 0 bridgehead atoms.